The van der Waals surface area contributed by atoms with Crippen LogP contribution in [-0.4, -0.2) is 107 Å². The van der Waals surface area contributed by atoms with Crippen LogP contribution in [0.2, 0.25) is 0 Å². The summed E-state index contributed by atoms with van der Waals surface area (Å²) in [5.41, 5.74) is -2.02. The van der Waals surface area contributed by atoms with Gasteiger partial charge >= 0.3 is 0 Å². The second-order valence-corrected chi connectivity index (χ2v) is 12.7. The third-order valence-electron chi connectivity index (χ3n) is 9.48. The third-order valence-corrected chi connectivity index (χ3v) is 9.48. The van der Waals surface area contributed by atoms with Crippen molar-refractivity contribution in [1.29, 1.82) is 0 Å². The summed E-state index contributed by atoms with van der Waals surface area (Å²) in [6.07, 6.45) is 6.17. The number of aliphatic hydroxyl groups is 5. The number of rotatable bonds is 6. The molecule has 2 saturated heterocycles. The number of hydrogen-bond acceptors (Lipinski definition) is 9. The van der Waals surface area contributed by atoms with Crippen LogP contribution in [0.15, 0.2) is 12.2 Å². The summed E-state index contributed by atoms with van der Waals surface area (Å²) in [6.45, 7) is 6.79. The first-order valence-electron chi connectivity index (χ1n) is 15.1. The van der Waals surface area contributed by atoms with Crippen molar-refractivity contribution in [2.24, 2.45) is 17.3 Å². The fraction of sp³-hybridized carbons (Fsp3) is 0.933. The number of ether oxygens (including phenoxy) is 3. The predicted molar refractivity (Wildman–Crippen MR) is 149 cm³/mol. The zero-order chi connectivity index (χ0) is 28.6. The molecule has 0 aromatic rings. The van der Waals surface area contributed by atoms with E-state index in [0.717, 1.165) is 51.4 Å². The summed E-state index contributed by atoms with van der Waals surface area (Å²) in [4.78, 5) is 0. The van der Waals surface area contributed by atoms with Gasteiger partial charge in [-0.05, 0) is 32.6 Å². The van der Waals surface area contributed by atoms with E-state index in [2.05, 4.69) is 11.4 Å². The summed E-state index contributed by atoms with van der Waals surface area (Å²) in [5.74, 6) is -0.987. The number of fused-ring (bicyclic) bond motifs is 2. The monoisotopic (exact) mass is 557 g/mol. The first kappa shape index (κ1) is 32.9. The summed E-state index contributed by atoms with van der Waals surface area (Å²) >= 11 is 0. The lowest BCUT2D eigenvalue weighted by atomic mass is 9.62. The fourth-order valence-corrected chi connectivity index (χ4v) is 7.09. The standard InChI is InChI=1S/C30H55NO8/c1-29(2)23-22(19-32)39-30(3,27(36)25(23)34)15-13-11-9-7-5-6-8-10-12-14-20-21(18-31-16-17-37-4)38-28(29)26(35)24(20)33/h11,13,20-28,31-36H,5-10,12,14-19H2,1-4H3/b13-11-/t20?,21?,22-,23?,24+,25+,26-,27-,28?,30+/m1/s1. The normalized spacial score (nSPS) is 43.3. The van der Waals surface area contributed by atoms with Gasteiger partial charge in [-0.1, -0.05) is 58.1 Å². The Morgan fingerprint density at radius 3 is 2.28 bits per heavy atom. The maximum absolute atomic E-state index is 11.5. The van der Waals surface area contributed by atoms with Crippen LogP contribution in [0.1, 0.15) is 78.6 Å². The van der Waals surface area contributed by atoms with Crippen molar-refractivity contribution in [2.45, 2.75) is 127 Å². The van der Waals surface area contributed by atoms with Gasteiger partial charge < -0.3 is 45.1 Å². The number of nitrogens with one attached hydrogen (secondary N) is 1. The van der Waals surface area contributed by atoms with E-state index in [4.69, 9.17) is 14.2 Å². The lowest BCUT2D eigenvalue weighted by molar-refractivity contribution is -0.297. The van der Waals surface area contributed by atoms with E-state index in [0.29, 0.717) is 26.1 Å². The Hall–Kier alpha value is -0.620. The lowest BCUT2D eigenvalue weighted by Crippen LogP contribution is -2.69. The topological polar surface area (TPSA) is 141 Å². The van der Waals surface area contributed by atoms with E-state index >= 15 is 0 Å². The van der Waals surface area contributed by atoms with Gasteiger partial charge in [0.2, 0.25) is 0 Å². The van der Waals surface area contributed by atoms with E-state index in [1.165, 1.54) is 0 Å². The highest BCUT2D eigenvalue weighted by Crippen LogP contribution is 2.49. The molecule has 5 heterocycles. The number of hydrogen-bond donors (Lipinski definition) is 6. The van der Waals surface area contributed by atoms with Crippen molar-refractivity contribution in [2.75, 3.05) is 33.4 Å². The molecule has 4 unspecified atom stereocenters. The van der Waals surface area contributed by atoms with E-state index in [-0.39, 0.29) is 18.6 Å². The van der Waals surface area contributed by atoms with Gasteiger partial charge in [0, 0.05) is 37.5 Å². The average molecular weight is 558 g/mol. The first-order chi connectivity index (χ1) is 18.6. The molecule has 228 valence electrons. The molecule has 39 heavy (non-hydrogen) atoms. The summed E-state index contributed by atoms with van der Waals surface area (Å²) < 4.78 is 18.1. The Kier molecular flexibility index (Phi) is 12.7. The van der Waals surface area contributed by atoms with Gasteiger partial charge in [0.15, 0.2) is 0 Å². The molecule has 5 rings (SSSR count). The van der Waals surface area contributed by atoms with E-state index in [9.17, 15) is 25.5 Å². The average Bonchev–Trinajstić information content (AvgIpc) is 2.90. The highest BCUT2D eigenvalue weighted by atomic mass is 16.5. The number of aliphatic hydroxyl groups excluding tert-OH is 5. The zero-order valence-electron chi connectivity index (χ0n) is 24.5. The van der Waals surface area contributed by atoms with Crippen LogP contribution in [-0.2, 0) is 14.2 Å². The van der Waals surface area contributed by atoms with Crippen LogP contribution in [0.25, 0.3) is 0 Å². The molecule has 10 atom stereocenters. The Morgan fingerprint density at radius 2 is 1.59 bits per heavy atom. The van der Waals surface area contributed by atoms with Crippen molar-refractivity contribution >= 4 is 0 Å². The summed E-state index contributed by atoms with van der Waals surface area (Å²) in [5, 5.41) is 59.3. The molecular weight excluding hydrogens is 502 g/mol. The molecule has 5 aliphatic heterocycles. The van der Waals surface area contributed by atoms with E-state index < -0.39 is 53.6 Å². The Bertz CT molecular complexity index is 748. The van der Waals surface area contributed by atoms with Gasteiger partial charge in [0.05, 0.1) is 49.3 Å². The van der Waals surface area contributed by atoms with Crippen molar-refractivity contribution in [3.05, 3.63) is 12.2 Å². The molecule has 0 aromatic heterocycles. The molecule has 0 amide bonds. The van der Waals surface area contributed by atoms with Gasteiger partial charge in [-0.15, -0.1) is 0 Å². The second-order valence-electron chi connectivity index (χ2n) is 12.7. The maximum Gasteiger partial charge on any atom is 0.109 e. The van der Waals surface area contributed by atoms with Gasteiger partial charge in [-0.25, -0.2) is 0 Å². The minimum Gasteiger partial charge on any atom is -0.394 e. The largest absolute Gasteiger partial charge is 0.394 e. The van der Waals surface area contributed by atoms with Crippen LogP contribution in [0.5, 0.6) is 0 Å². The van der Waals surface area contributed by atoms with Crippen LogP contribution in [0.3, 0.4) is 0 Å². The smallest absolute Gasteiger partial charge is 0.109 e. The Morgan fingerprint density at radius 1 is 0.897 bits per heavy atom. The SMILES string of the molecule is COCCNCC1OC2[C@H](O)[C@@H](O)C1CCCCCCCC/C=C\C[C@]1(C)O[C@H](CO)C([C@H](O)[C@H]1O)C2(C)C. The van der Waals surface area contributed by atoms with Crippen molar-refractivity contribution in [3.63, 3.8) is 0 Å². The predicted octanol–water partition coefficient (Wildman–Crippen LogP) is 1.92. The zero-order valence-corrected chi connectivity index (χ0v) is 24.5. The molecule has 4 bridgehead atoms. The van der Waals surface area contributed by atoms with E-state index in [1.54, 1.807) is 14.0 Å². The van der Waals surface area contributed by atoms with Crippen LogP contribution in [0, 0.1) is 17.3 Å². The highest BCUT2D eigenvalue weighted by Gasteiger charge is 2.59. The third kappa shape index (κ3) is 7.81. The van der Waals surface area contributed by atoms with Crippen molar-refractivity contribution in [1.82, 2.24) is 5.32 Å². The molecule has 2 fully saturated rings. The molecule has 0 radical (unpaired) electrons. The highest BCUT2D eigenvalue weighted by molar-refractivity contribution is 5.09. The van der Waals surface area contributed by atoms with Gasteiger partial charge in [-0.3, -0.25) is 0 Å². The van der Waals surface area contributed by atoms with Gasteiger partial charge in [0.1, 0.15) is 12.2 Å². The lowest BCUT2D eigenvalue weighted by Gasteiger charge is -2.57. The van der Waals surface area contributed by atoms with Crippen LogP contribution < -0.4 is 5.32 Å². The molecule has 9 heteroatoms. The minimum atomic E-state index is -1.22. The summed E-state index contributed by atoms with van der Waals surface area (Å²) in [7, 11) is 1.65. The van der Waals surface area contributed by atoms with Gasteiger partial charge in [0.25, 0.3) is 0 Å². The van der Waals surface area contributed by atoms with Crippen molar-refractivity contribution in [3.8, 4) is 0 Å². The summed E-state index contributed by atoms with van der Waals surface area (Å²) in [6, 6.07) is 0. The second kappa shape index (κ2) is 15.0. The molecule has 6 N–H and O–H groups in total. The first-order valence-corrected chi connectivity index (χ1v) is 15.1. The van der Waals surface area contributed by atoms with Crippen molar-refractivity contribution < 1.29 is 39.7 Å². The minimum absolute atomic E-state index is 0.243. The molecule has 0 saturated carbocycles. The molecular formula is C30H55NO8. The van der Waals surface area contributed by atoms with Crippen LogP contribution >= 0.6 is 0 Å². The fourth-order valence-electron chi connectivity index (χ4n) is 7.09. The molecule has 0 spiro atoms. The Balaban J connectivity index is 1.93. The molecule has 0 aliphatic carbocycles. The maximum atomic E-state index is 11.5. The van der Waals surface area contributed by atoms with E-state index in [1.807, 2.05) is 19.9 Å². The number of allylic oxidation sites excluding steroid dienone is 1. The quantitative estimate of drug-likeness (QED) is 0.213. The van der Waals surface area contributed by atoms with Gasteiger partial charge in [-0.2, -0.15) is 0 Å². The molecule has 5 aliphatic rings. The molecule has 0 aromatic carbocycles. The Labute approximate surface area is 234 Å². The van der Waals surface area contributed by atoms with Crippen LogP contribution in [0.4, 0.5) is 0 Å². The molecule has 9 nitrogen and oxygen atoms in total. The number of methoxy groups -OCH3 is 1.